The van der Waals surface area contributed by atoms with E-state index in [1.165, 1.54) is 0 Å². The van der Waals surface area contributed by atoms with Crippen LogP contribution in [0, 0.1) is 11.8 Å². The summed E-state index contributed by atoms with van der Waals surface area (Å²) >= 11 is 0. The number of benzene rings is 2. The van der Waals surface area contributed by atoms with E-state index in [4.69, 9.17) is 43.9 Å². The van der Waals surface area contributed by atoms with Crippen molar-refractivity contribution >= 4 is 11.8 Å². The van der Waals surface area contributed by atoms with Crippen LogP contribution in [-0.2, 0) is 20.8 Å². The molecule has 2 aromatic carbocycles. The topological polar surface area (TPSA) is 94.8 Å². The Morgan fingerprint density at radius 1 is 0.765 bits per heavy atom. The second-order valence-corrected chi connectivity index (χ2v) is 6.28. The highest BCUT2D eigenvalue weighted by Crippen LogP contribution is 2.40. The molecule has 2 aromatic rings. The monoisotopic (exact) mass is 498 g/mol. The summed E-state index contributed by atoms with van der Waals surface area (Å²) in [6, 6.07) is -12.5. The molecule has 5 heteroatoms. The number of hydrogen-bond acceptors (Lipinski definition) is 4. The van der Waals surface area contributed by atoms with E-state index in [0.717, 1.165) is 0 Å². The van der Waals surface area contributed by atoms with E-state index in [2.05, 4.69) is 0 Å². The van der Waals surface area contributed by atoms with E-state index < -0.39 is 170 Å². The summed E-state index contributed by atoms with van der Waals surface area (Å²) in [5.74, 6) is -13.4. The SMILES string of the molecule is [2H]c1c([2H])c([2H])c(C(O)(C(=O)O)C2([2H])C([2H])([2H])C([2H])([2H])C([2H])([2H])C([2H])([2H])C2([2H])[2H])c([2H])c1[2H].[2H]c1c([2H])c([2H])c([C@](O)(C(C)=O)C2([2H])C([2H])([2H])C([2H])([2H])C([2H])([2H])C([2H])([2H])C2([2H])[2H])c([2H])c1[2H]. The molecule has 2 fully saturated rings. The highest BCUT2D eigenvalue weighted by atomic mass is 16.4. The van der Waals surface area contributed by atoms with Gasteiger partial charge in [0.05, 0.1) is 13.7 Å². The van der Waals surface area contributed by atoms with Crippen molar-refractivity contribution in [3.8, 4) is 0 Å². The van der Waals surface area contributed by atoms with E-state index in [1.54, 1.807) is 0 Å². The smallest absolute Gasteiger partial charge is 0.340 e. The van der Waals surface area contributed by atoms with Crippen LogP contribution in [0.2, 0.25) is 0 Å². The molecule has 34 heavy (non-hydrogen) atoms. The number of carboxylic acid groups (broad SMARTS) is 1. The third kappa shape index (κ3) is 5.59. The van der Waals surface area contributed by atoms with Crippen molar-refractivity contribution in [2.45, 2.75) is 81.9 Å². The molecule has 0 bridgehead atoms. The number of hydrogen-bond donors (Lipinski definition) is 3. The standard InChI is InChI=1S/C15H20O2.C14H18O3/c1-12(16)15(17,13-8-4-2-5-9-13)14-10-6-3-7-11-14;15-13(16)14(17,11-7-3-1-4-8-11)12-9-5-2-6-10-12/h2,4-5,8-9,14,17H,3,6-7,10-11H2,1H3;1,3-4,7-8,12,17H,2,5-6,9-10H2,(H,15,16)/t15-;/m1./s1/i2D,3D2,4D,5D,6D2,7D2,8D,9D,10D2,11D2,14D;1D,2D2,3D,4D,5D2,6D2,7D,8D,9D2,10D2,12D. The van der Waals surface area contributed by atoms with Gasteiger partial charge in [-0.25, -0.2) is 4.79 Å². The largest absolute Gasteiger partial charge is 0.479 e. The molecule has 5 nitrogen and oxygen atoms in total. The molecule has 2 aliphatic rings. The van der Waals surface area contributed by atoms with Gasteiger partial charge in [-0.3, -0.25) is 4.79 Å². The van der Waals surface area contributed by atoms with Crippen molar-refractivity contribution in [3.05, 3.63) is 71.6 Å². The molecular formula is C29H38O5. The van der Waals surface area contributed by atoms with E-state index in [0.29, 0.717) is 6.92 Å². The van der Waals surface area contributed by atoms with Gasteiger partial charge in [0.15, 0.2) is 17.0 Å². The van der Waals surface area contributed by atoms with Crippen LogP contribution in [0.15, 0.2) is 60.4 Å². The van der Waals surface area contributed by atoms with Gasteiger partial charge in [-0.05, 0) is 49.4 Å². The number of carboxylic acids is 1. The molecule has 0 heterocycles. The first-order chi connectivity index (χ1) is 28.7. The Balaban J connectivity index is 0.000000350. The Morgan fingerprint density at radius 3 is 1.47 bits per heavy atom. The molecule has 2 aliphatic carbocycles. The van der Waals surface area contributed by atoms with Gasteiger partial charge in [0, 0.05) is 36.1 Å². The van der Waals surface area contributed by atoms with Crippen molar-refractivity contribution in [1.82, 2.24) is 0 Å². The van der Waals surface area contributed by atoms with E-state index >= 15 is 0 Å². The number of carbonyl (C=O) groups excluding carboxylic acids is 1. The van der Waals surface area contributed by atoms with Gasteiger partial charge < -0.3 is 15.3 Å². The van der Waals surface area contributed by atoms with Crippen molar-refractivity contribution in [2.24, 2.45) is 11.8 Å². The molecule has 1 unspecified atom stereocenters. The fourth-order valence-corrected chi connectivity index (χ4v) is 2.54. The summed E-state index contributed by atoms with van der Waals surface area (Å²) in [5, 5.41) is 32.6. The van der Waals surface area contributed by atoms with E-state index in [1.807, 2.05) is 0 Å². The zero-order chi connectivity index (χ0) is 53.1. The summed E-state index contributed by atoms with van der Waals surface area (Å²) in [6.07, 6.45) is -41.6. The normalized spacial score (nSPS) is 51.1. The molecule has 0 aliphatic heterocycles. The summed E-state index contributed by atoms with van der Waals surface area (Å²) in [4.78, 5) is 25.1. The number of carbonyl (C=O) groups is 2. The van der Waals surface area contributed by atoms with Crippen LogP contribution in [0.3, 0.4) is 0 Å². The van der Waals surface area contributed by atoms with Crippen LogP contribution >= 0.6 is 0 Å². The molecule has 0 amide bonds. The predicted molar refractivity (Wildman–Crippen MR) is 132 cm³/mol. The first-order valence-electron chi connectivity index (χ1n) is 25.1. The minimum Gasteiger partial charge on any atom is -0.479 e. The Hall–Kier alpha value is -2.50. The Morgan fingerprint density at radius 2 is 1.12 bits per heavy atom. The summed E-state index contributed by atoms with van der Waals surface area (Å²) < 4.78 is 256. The Bertz CT molecular complexity index is 2110. The van der Waals surface area contributed by atoms with Crippen LogP contribution in [0.4, 0.5) is 0 Å². The quantitative estimate of drug-likeness (QED) is 0.483. The first-order valence-corrected chi connectivity index (χ1v) is 9.08. The van der Waals surface area contributed by atoms with Crippen molar-refractivity contribution in [2.75, 3.05) is 0 Å². The molecule has 0 aromatic heterocycles. The zero-order valence-corrected chi connectivity index (χ0v) is 17.2. The number of rotatable bonds is 6. The van der Waals surface area contributed by atoms with Crippen LogP contribution < -0.4 is 0 Å². The maximum atomic E-state index is 12.8. The number of ketones is 1. The molecule has 2 atom stereocenters. The first kappa shape index (κ1) is 6.83. The highest BCUT2D eigenvalue weighted by molar-refractivity contribution is 5.86. The maximum absolute atomic E-state index is 12.8. The fourth-order valence-electron chi connectivity index (χ4n) is 2.54. The average Bonchev–Trinajstić information content (AvgIpc) is 3.18. The molecule has 184 valence electrons. The lowest BCUT2D eigenvalue weighted by Crippen LogP contribution is -2.43. The van der Waals surface area contributed by atoms with Crippen LogP contribution in [0.25, 0.3) is 0 Å². The molecule has 0 spiro atoms. The maximum Gasteiger partial charge on any atom is 0.340 e. The lowest BCUT2D eigenvalue weighted by atomic mass is 9.71. The van der Waals surface area contributed by atoms with Gasteiger partial charge in [0.25, 0.3) is 0 Å². The zero-order valence-electron chi connectivity index (χ0n) is 49.2. The van der Waals surface area contributed by atoms with Crippen molar-refractivity contribution in [3.63, 3.8) is 0 Å². The number of Topliss-reactive ketones (excluding diaryl/α,β-unsaturated/α-hetero) is 1. The summed E-state index contributed by atoms with van der Waals surface area (Å²) in [6.45, 7) is 0.470. The van der Waals surface area contributed by atoms with E-state index in [9.17, 15) is 24.9 Å². The van der Waals surface area contributed by atoms with Crippen LogP contribution in [0.5, 0.6) is 0 Å². The molecule has 0 radical (unpaired) electrons. The molecular weight excluding hydrogens is 428 g/mol. The van der Waals surface area contributed by atoms with Crippen LogP contribution in [-0.4, -0.2) is 27.1 Å². The van der Waals surface area contributed by atoms with Gasteiger partial charge in [0.2, 0.25) is 0 Å². The predicted octanol–water partition coefficient (Wildman–Crippen LogP) is 5.58. The van der Waals surface area contributed by atoms with Gasteiger partial charge >= 0.3 is 5.97 Å². The van der Waals surface area contributed by atoms with Gasteiger partial charge in [-0.15, -0.1) is 0 Å². The molecule has 3 N–H and O–H groups in total. The van der Waals surface area contributed by atoms with Crippen molar-refractivity contribution < 1.29 is 68.8 Å². The second-order valence-electron chi connectivity index (χ2n) is 6.28. The van der Waals surface area contributed by atoms with Gasteiger partial charge in [0.1, 0.15) is 0 Å². The minimum atomic E-state index is -4.55. The Labute approximate surface area is 247 Å². The van der Waals surface area contributed by atoms with E-state index in [-0.39, 0.29) is 0 Å². The summed E-state index contributed by atoms with van der Waals surface area (Å²) in [5.41, 5.74) is -11.7. The third-order valence-electron chi connectivity index (χ3n) is 4.27. The third-order valence-corrected chi connectivity index (χ3v) is 4.27. The minimum absolute atomic E-state index is 0.470. The number of aliphatic carboxylic acids is 1. The number of aliphatic hydroxyl groups is 2. The average molecular weight is 499 g/mol. The van der Waals surface area contributed by atoms with Crippen molar-refractivity contribution in [1.29, 1.82) is 0 Å². The fraction of sp³-hybridized carbons (Fsp3) is 0.517. The molecule has 0 saturated heterocycles. The lowest BCUT2D eigenvalue weighted by molar-refractivity contribution is -0.168. The molecule has 2 saturated carbocycles. The summed E-state index contributed by atoms with van der Waals surface area (Å²) in [7, 11) is 0. The van der Waals surface area contributed by atoms with Gasteiger partial charge in [-0.1, -0.05) is 98.7 Å². The van der Waals surface area contributed by atoms with Crippen LogP contribution in [0.1, 0.15) is 126 Å². The highest BCUT2D eigenvalue weighted by Gasteiger charge is 2.46. The Kier molecular flexibility index (Phi) is 2.36. The lowest BCUT2D eigenvalue weighted by Gasteiger charge is -2.37. The van der Waals surface area contributed by atoms with Gasteiger partial charge in [-0.2, -0.15) is 0 Å². The molecule has 4 rings (SSSR count). The second kappa shape index (κ2) is 11.8.